The summed E-state index contributed by atoms with van der Waals surface area (Å²) in [6, 6.07) is 32.0. The molecule has 206 valence electrons. The molecule has 6 nitrogen and oxygen atoms in total. The van der Waals surface area contributed by atoms with Crippen LogP contribution in [0.2, 0.25) is 0 Å². The van der Waals surface area contributed by atoms with Crippen molar-refractivity contribution in [2.75, 3.05) is 0 Å². The van der Waals surface area contributed by atoms with E-state index in [1.165, 1.54) is 0 Å². The van der Waals surface area contributed by atoms with E-state index < -0.39 is 12.1 Å². The maximum Gasteiger partial charge on any atom is 0.408 e. The fourth-order valence-corrected chi connectivity index (χ4v) is 4.14. The van der Waals surface area contributed by atoms with Gasteiger partial charge in [0.25, 0.3) is 0 Å². The van der Waals surface area contributed by atoms with E-state index in [1.807, 2.05) is 139 Å². The highest BCUT2D eigenvalue weighted by atomic mass is 127. The molecule has 0 bridgehead atoms. The van der Waals surface area contributed by atoms with Crippen molar-refractivity contribution in [3.05, 3.63) is 144 Å². The van der Waals surface area contributed by atoms with Gasteiger partial charge in [-0.15, -0.1) is 0 Å². The molecule has 0 fully saturated rings. The average molecular weight is 648 g/mol. The second kappa shape index (κ2) is 16.2. The fraction of sp³-hybridized carbons (Fsp3) is 0.182. The largest absolute Gasteiger partial charge is 1.00 e. The first-order valence-electron chi connectivity index (χ1n) is 13.0. The molecule has 0 saturated heterocycles. The third-order valence-electron chi connectivity index (χ3n) is 6.26. The Morgan fingerprint density at radius 2 is 1.27 bits per heavy atom. The summed E-state index contributed by atoms with van der Waals surface area (Å²) in [4.78, 5) is 26.3. The number of benzene rings is 3. The van der Waals surface area contributed by atoms with Crippen molar-refractivity contribution in [2.45, 2.75) is 31.5 Å². The average Bonchev–Trinajstić information content (AvgIpc) is 2.97. The molecule has 1 aromatic heterocycles. The van der Waals surface area contributed by atoms with Crippen molar-refractivity contribution in [3.8, 4) is 0 Å². The number of carbonyl (C=O) groups excluding carboxylic acids is 2. The number of aryl methyl sites for hydroxylation is 1. The molecule has 0 radical (unpaired) electrons. The molecule has 0 aliphatic heterocycles. The number of aromatic nitrogens is 1. The number of carbonyl (C=O) groups is 2. The van der Waals surface area contributed by atoms with E-state index >= 15 is 0 Å². The summed E-state index contributed by atoms with van der Waals surface area (Å²) in [6.07, 6.45) is 8.26. The number of pyridine rings is 1. The van der Waals surface area contributed by atoms with Gasteiger partial charge in [0.15, 0.2) is 12.4 Å². The highest BCUT2D eigenvalue weighted by Crippen LogP contribution is 2.10. The quantitative estimate of drug-likeness (QED) is 0.193. The maximum atomic E-state index is 13.6. The van der Waals surface area contributed by atoms with Crippen LogP contribution in [0.5, 0.6) is 0 Å². The van der Waals surface area contributed by atoms with Crippen LogP contribution in [0.25, 0.3) is 6.08 Å². The molecule has 0 aliphatic rings. The maximum absolute atomic E-state index is 13.6. The fourth-order valence-electron chi connectivity index (χ4n) is 4.14. The number of alkyl carbamates (subject to hydrolysis) is 1. The number of hydrogen-bond acceptors (Lipinski definition) is 3. The lowest BCUT2D eigenvalue weighted by atomic mass is 10.0. The molecular weight excluding hydrogens is 613 g/mol. The zero-order chi connectivity index (χ0) is 27.3. The summed E-state index contributed by atoms with van der Waals surface area (Å²) >= 11 is 0. The molecule has 0 aliphatic carbocycles. The molecule has 4 aromatic rings. The normalized spacial score (nSPS) is 12.1. The minimum atomic E-state index is -0.807. The standard InChI is InChI=1S/C33H33N3O3.HI/c1-36-21-19-26(20-22-36)17-18-30(23-27-11-5-2-6-12-27)34-32(37)31(24-28-13-7-3-8-14-28)35-33(38)39-25-29-15-9-4-10-16-29;/h2-22,30-31H,23-25H2,1H3,(H-,34,35,37,38);1H/b18-17+;/t30-,31+;/m1./s1. The topological polar surface area (TPSA) is 71.3 Å². The Hall–Kier alpha value is -3.98. The molecule has 7 heteroatoms. The predicted octanol–water partition coefficient (Wildman–Crippen LogP) is 1.79. The second-order valence-corrected chi connectivity index (χ2v) is 9.41. The van der Waals surface area contributed by atoms with Crippen LogP contribution in [-0.4, -0.2) is 24.1 Å². The molecule has 4 rings (SSSR count). The van der Waals surface area contributed by atoms with Gasteiger partial charge < -0.3 is 39.3 Å². The van der Waals surface area contributed by atoms with Crippen molar-refractivity contribution >= 4 is 18.1 Å². The van der Waals surface area contributed by atoms with Crippen LogP contribution in [0.15, 0.2) is 122 Å². The monoisotopic (exact) mass is 647 g/mol. The zero-order valence-corrected chi connectivity index (χ0v) is 24.6. The number of rotatable bonds is 11. The second-order valence-electron chi connectivity index (χ2n) is 9.41. The first-order valence-corrected chi connectivity index (χ1v) is 13.0. The van der Waals surface area contributed by atoms with E-state index in [0.717, 1.165) is 22.3 Å². The summed E-state index contributed by atoms with van der Waals surface area (Å²) in [6.45, 7) is 0.126. The molecule has 0 unspecified atom stereocenters. The van der Waals surface area contributed by atoms with Crippen LogP contribution >= 0.6 is 0 Å². The van der Waals surface area contributed by atoms with Crippen LogP contribution in [-0.2, 0) is 36.0 Å². The van der Waals surface area contributed by atoms with Gasteiger partial charge in [0, 0.05) is 18.6 Å². The van der Waals surface area contributed by atoms with Crippen LogP contribution in [0.1, 0.15) is 22.3 Å². The molecule has 0 saturated carbocycles. The Morgan fingerprint density at radius 1 is 0.750 bits per heavy atom. The van der Waals surface area contributed by atoms with Crippen molar-refractivity contribution in [1.82, 2.24) is 10.6 Å². The van der Waals surface area contributed by atoms with E-state index in [0.29, 0.717) is 12.8 Å². The number of nitrogens with one attached hydrogen (secondary N) is 2. The molecule has 2 amide bonds. The van der Waals surface area contributed by atoms with Crippen LogP contribution in [0.4, 0.5) is 4.79 Å². The van der Waals surface area contributed by atoms with Crippen molar-refractivity contribution in [2.24, 2.45) is 7.05 Å². The third kappa shape index (κ3) is 10.3. The van der Waals surface area contributed by atoms with E-state index in [4.69, 9.17) is 4.74 Å². The molecule has 1 heterocycles. The summed E-state index contributed by atoms with van der Waals surface area (Å²) in [7, 11) is 1.97. The van der Waals surface area contributed by atoms with Crippen LogP contribution in [0, 0.1) is 0 Å². The summed E-state index contributed by atoms with van der Waals surface area (Å²) in [5.41, 5.74) is 3.94. The summed E-state index contributed by atoms with van der Waals surface area (Å²) in [5.74, 6) is -0.277. The molecule has 2 N–H and O–H groups in total. The Labute approximate surface area is 253 Å². The highest BCUT2D eigenvalue weighted by Gasteiger charge is 2.24. The lowest BCUT2D eigenvalue weighted by Crippen LogP contribution is -3.00. The number of amides is 2. The Balaban J connectivity index is 0.00000441. The number of halogens is 1. The Bertz CT molecular complexity index is 1350. The van der Waals surface area contributed by atoms with Crippen LogP contribution < -0.4 is 39.2 Å². The van der Waals surface area contributed by atoms with Gasteiger partial charge in [-0.1, -0.05) is 103 Å². The van der Waals surface area contributed by atoms with Gasteiger partial charge in [0.05, 0.1) is 6.04 Å². The smallest absolute Gasteiger partial charge is 0.408 e. The SMILES string of the molecule is C[n+]1ccc(/C=C/[C@H](Cc2ccccc2)NC(=O)[C@H](Cc2ccccc2)NC(=O)OCc2ccccc2)cc1.[I-]. The number of ether oxygens (including phenoxy) is 1. The first kappa shape index (κ1) is 30.6. The lowest BCUT2D eigenvalue weighted by molar-refractivity contribution is -0.671. The minimum absolute atomic E-state index is 0. The van der Waals surface area contributed by atoms with E-state index in [2.05, 4.69) is 10.6 Å². The molecular formula is C33H34IN3O3. The molecule has 40 heavy (non-hydrogen) atoms. The number of nitrogens with zero attached hydrogens (tertiary/aromatic N) is 1. The van der Waals surface area contributed by atoms with Gasteiger partial charge >= 0.3 is 6.09 Å². The van der Waals surface area contributed by atoms with E-state index in [-0.39, 0.29) is 42.5 Å². The molecule has 2 atom stereocenters. The third-order valence-corrected chi connectivity index (χ3v) is 6.26. The number of hydrogen-bond donors (Lipinski definition) is 2. The van der Waals surface area contributed by atoms with Gasteiger partial charge in [-0.25, -0.2) is 9.36 Å². The summed E-state index contributed by atoms with van der Waals surface area (Å²) in [5, 5.41) is 5.93. The highest BCUT2D eigenvalue weighted by molar-refractivity contribution is 5.86. The van der Waals surface area contributed by atoms with E-state index in [9.17, 15) is 9.59 Å². The van der Waals surface area contributed by atoms with Gasteiger partial charge in [-0.3, -0.25) is 4.79 Å². The molecule has 0 spiro atoms. The first-order chi connectivity index (χ1) is 19.0. The minimum Gasteiger partial charge on any atom is -1.00 e. The molecule has 3 aromatic carbocycles. The Kier molecular flexibility index (Phi) is 12.4. The van der Waals surface area contributed by atoms with Crippen molar-refractivity contribution in [1.29, 1.82) is 0 Å². The van der Waals surface area contributed by atoms with E-state index in [1.54, 1.807) is 0 Å². The summed E-state index contributed by atoms with van der Waals surface area (Å²) < 4.78 is 7.39. The Morgan fingerprint density at radius 3 is 1.85 bits per heavy atom. The van der Waals surface area contributed by atoms with Crippen molar-refractivity contribution < 1.29 is 42.9 Å². The van der Waals surface area contributed by atoms with Crippen molar-refractivity contribution in [3.63, 3.8) is 0 Å². The predicted molar refractivity (Wildman–Crippen MR) is 152 cm³/mol. The lowest BCUT2D eigenvalue weighted by Gasteiger charge is -2.22. The van der Waals surface area contributed by atoms with Crippen LogP contribution in [0.3, 0.4) is 0 Å². The van der Waals surface area contributed by atoms with Gasteiger partial charge in [0.1, 0.15) is 19.7 Å². The van der Waals surface area contributed by atoms with Gasteiger partial charge in [-0.2, -0.15) is 0 Å². The van der Waals surface area contributed by atoms with Gasteiger partial charge in [-0.05, 0) is 28.7 Å². The van der Waals surface area contributed by atoms with Gasteiger partial charge in [0.2, 0.25) is 5.91 Å². The zero-order valence-electron chi connectivity index (χ0n) is 22.5.